The molecule has 0 spiro atoms. The Labute approximate surface area is 193 Å². The van der Waals surface area contributed by atoms with Crippen LogP contribution in [0, 0.1) is 12.7 Å². The SMILES string of the molecule is CNC(=O)C1c2cc(-c3ccc(C)cc3)c(N(C)S(C)(=O)=O)cc2OC1c1ccc(F)cc1. The minimum absolute atomic E-state index is 0.248. The average Bonchev–Trinajstić information content (AvgIpc) is 3.16. The first-order valence-electron chi connectivity index (χ1n) is 10.4. The van der Waals surface area contributed by atoms with E-state index in [1.807, 2.05) is 37.3 Å². The molecule has 2 unspecified atom stereocenters. The predicted octanol–water partition coefficient (Wildman–Crippen LogP) is 4.16. The highest BCUT2D eigenvalue weighted by Crippen LogP contribution is 2.50. The van der Waals surface area contributed by atoms with Gasteiger partial charge in [-0.15, -0.1) is 0 Å². The van der Waals surface area contributed by atoms with E-state index in [1.54, 1.807) is 25.2 Å². The van der Waals surface area contributed by atoms with Gasteiger partial charge in [-0.3, -0.25) is 9.10 Å². The van der Waals surface area contributed by atoms with E-state index in [9.17, 15) is 17.6 Å². The monoisotopic (exact) mass is 468 g/mol. The number of nitrogens with zero attached hydrogens (tertiary/aromatic N) is 1. The highest BCUT2D eigenvalue weighted by Gasteiger charge is 2.41. The number of fused-ring (bicyclic) bond motifs is 1. The van der Waals surface area contributed by atoms with Gasteiger partial charge in [0.1, 0.15) is 23.6 Å². The fraction of sp³-hybridized carbons (Fsp3) is 0.240. The number of carbonyl (C=O) groups is 1. The summed E-state index contributed by atoms with van der Waals surface area (Å²) in [7, 11) is -0.526. The lowest BCUT2D eigenvalue weighted by Crippen LogP contribution is -2.29. The number of rotatable bonds is 5. The number of anilines is 1. The van der Waals surface area contributed by atoms with Gasteiger partial charge in [0.25, 0.3) is 0 Å². The van der Waals surface area contributed by atoms with E-state index in [-0.39, 0.29) is 11.7 Å². The molecule has 1 heterocycles. The van der Waals surface area contributed by atoms with Gasteiger partial charge in [-0.2, -0.15) is 0 Å². The minimum atomic E-state index is -3.56. The van der Waals surface area contributed by atoms with Crippen molar-refractivity contribution in [3.63, 3.8) is 0 Å². The number of aryl methyl sites for hydroxylation is 1. The molecule has 0 aromatic heterocycles. The zero-order chi connectivity index (χ0) is 23.9. The Morgan fingerprint density at radius 1 is 1.06 bits per heavy atom. The highest BCUT2D eigenvalue weighted by atomic mass is 32.2. The lowest BCUT2D eigenvalue weighted by molar-refractivity contribution is -0.123. The van der Waals surface area contributed by atoms with E-state index in [2.05, 4.69) is 5.32 Å². The third-order valence-electron chi connectivity index (χ3n) is 5.95. The first kappa shape index (κ1) is 22.8. The molecular weight excluding hydrogens is 443 g/mol. The van der Waals surface area contributed by atoms with Gasteiger partial charge < -0.3 is 10.1 Å². The van der Waals surface area contributed by atoms with E-state index in [0.29, 0.717) is 28.1 Å². The van der Waals surface area contributed by atoms with Crippen molar-refractivity contribution < 1.29 is 22.3 Å². The molecule has 0 saturated carbocycles. The van der Waals surface area contributed by atoms with Gasteiger partial charge >= 0.3 is 0 Å². The van der Waals surface area contributed by atoms with Crippen molar-refractivity contribution in [2.45, 2.75) is 18.9 Å². The zero-order valence-corrected chi connectivity index (χ0v) is 19.6. The minimum Gasteiger partial charge on any atom is -0.484 e. The van der Waals surface area contributed by atoms with Gasteiger partial charge in [-0.05, 0) is 36.2 Å². The normalized spacial score (nSPS) is 17.2. The number of sulfonamides is 1. The highest BCUT2D eigenvalue weighted by molar-refractivity contribution is 7.92. The molecule has 3 aromatic carbocycles. The summed E-state index contributed by atoms with van der Waals surface area (Å²) in [5.41, 5.74) is 4.28. The predicted molar refractivity (Wildman–Crippen MR) is 126 cm³/mol. The number of amides is 1. The molecule has 2 atom stereocenters. The van der Waals surface area contributed by atoms with E-state index >= 15 is 0 Å². The topological polar surface area (TPSA) is 75.7 Å². The Morgan fingerprint density at radius 3 is 2.27 bits per heavy atom. The number of carbonyl (C=O) groups excluding carboxylic acids is 1. The molecule has 3 aromatic rings. The molecule has 0 bridgehead atoms. The van der Waals surface area contributed by atoms with Gasteiger partial charge in [-0.1, -0.05) is 42.0 Å². The quantitative estimate of drug-likeness (QED) is 0.610. The van der Waals surface area contributed by atoms with Crippen LogP contribution in [0.15, 0.2) is 60.7 Å². The van der Waals surface area contributed by atoms with Crippen molar-refractivity contribution in [2.24, 2.45) is 0 Å². The molecule has 1 amide bonds. The number of benzene rings is 3. The molecule has 6 nitrogen and oxygen atoms in total. The summed E-state index contributed by atoms with van der Waals surface area (Å²) in [5, 5.41) is 2.69. The molecule has 8 heteroatoms. The maximum Gasteiger partial charge on any atom is 0.232 e. The maximum atomic E-state index is 13.5. The first-order chi connectivity index (χ1) is 15.6. The largest absolute Gasteiger partial charge is 0.484 e. The second-order valence-electron chi connectivity index (χ2n) is 8.19. The molecule has 1 aliphatic heterocycles. The van der Waals surface area contributed by atoms with E-state index in [0.717, 1.165) is 17.4 Å². The van der Waals surface area contributed by atoms with Crippen LogP contribution in [-0.2, 0) is 14.8 Å². The van der Waals surface area contributed by atoms with Crippen molar-refractivity contribution in [1.29, 1.82) is 0 Å². The van der Waals surface area contributed by atoms with Crippen LogP contribution < -0.4 is 14.4 Å². The number of halogens is 1. The van der Waals surface area contributed by atoms with Crippen LogP contribution in [-0.4, -0.2) is 34.7 Å². The number of likely N-dealkylation sites (N-methyl/N-ethyl adjacent to an activating group) is 1. The van der Waals surface area contributed by atoms with Crippen molar-refractivity contribution in [3.05, 3.63) is 83.2 Å². The Bertz CT molecular complexity index is 1310. The lowest BCUT2D eigenvalue weighted by atomic mass is 9.88. The third kappa shape index (κ3) is 4.30. The Balaban J connectivity index is 1.92. The Kier molecular flexibility index (Phi) is 5.88. The van der Waals surface area contributed by atoms with Crippen LogP contribution in [0.2, 0.25) is 0 Å². The summed E-state index contributed by atoms with van der Waals surface area (Å²) in [5.74, 6) is -0.900. The standard InChI is InChI=1S/C25H25FN2O4S/c1-15-5-7-16(8-6-15)19-13-20-22(14-21(19)28(3)33(4,30)31)32-24(23(20)25(29)27-2)17-9-11-18(26)12-10-17/h5-14,23-24H,1-4H3,(H,27,29). The summed E-state index contributed by atoms with van der Waals surface area (Å²) in [6.45, 7) is 1.97. The molecule has 1 aliphatic rings. The number of ether oxygens (including phenoxy) is 1. The van der Waals surface area contributed by atoms with Gasteiger partial charge in [0.15, 0.2) is 0 Å². The van der Waals surface area contributed by atoms with Gasteiger partial charge in [0.2, 0.25) is 15.9 Å². The second-order valence-corrected chi connectivity index (χ2v) is 10.2. The molecule has 0 aliphatic carbocycles. The van der Waals surface area contributed by atoms with Crippen LogP contribution in [0.3, 0.4) is 0 Å². The van der Waals surface area contributed by atoms with Crippen molar-refractivity contribution in [3.8, 4) is 16.9 Å². The van der Waals surface area contributed by atoms with Crippen molar-refractivity contribution >= 4 is 21.6 Å². The van der Waals surface area contributed by atoms with E-state index in [1.165, 1.54) is 23.5 Å². The smallest absolute Gasteiger partial charge is 0.232 e. The fourth-order valence-corrected chi connectivity index (χ4v) is 4.56. The van der Waals surface area contributed by atoms with E-state index < -0.39 is 22.0 Å². The molecular formula is C25H25FN2O4S. The number of nitrogens with one attached hydrogen (secondary N) is 1. The first-order valence-corrected chi connectivity index (χ1v) is 12.3. The zero-order valence-electron chi connectivity index (χ0n) is 18.8. The van der Waals surface area contributed by atoms with E-state index in [4.69, 9.17) is 4.74 Å². The van der Waals surface area contributed by atoms with Crippen LogP contribution in [0.5, 0.6) is 5.75 Å². The van der Waals surface area contributed by atoms with Crippen LogP contribution >= 0.6 is 0 Å². The summed E-state index contributed by atoms with van der Waals surface area (Å²) in [4.78, 5) is 12.9. The van der Waals surface area contributed by atoms with Gasteiger partial charge in [0, 0.05) is 31.3 Å². The summed E-state index contributed by atoms with van der Waals surface area (Å²) in [6, 6.07) is 17.0. The fourth-order valence-electron chi connectivity index (χ4n) is 4.05. The van der Waals surface area contributed by atoms with Crippen LogP contribution in [0.25, 0.3) is 11.1 Å². The molecule has 4 rings (SSSR count). The second kappa shape index (κ2) is 8.51. The molecule has 0 fully saturated rings. The average molecular weight is 469 g/mol. The summed E-state index contributed by atoms with van der Waals surface area (Å²) < 4.78 is 45.7. The van der Waals surface area contributed by atoms with Crippen LogP contribution in [0.4, 0.5) is 10.1 Å². The Hall–Kier alpha value is -3.39. The molecule has 0 saturated heterocycles. The summed E-state index contributed by atoms with van der Waals surface area (Å²) >= 11 is 0. The summed E-state index contributed by atoms with van der Waals surface area (Å²) in [6.07, 6.45) is 0.458. The molecule has 33 heavy (non-hydrogen) atoms. The number of hydrogen-bond donors (Lipinski definition) is 1. The molecule has 0 radical (unpaired) electrons. The van der Waals surface area contributed by atoms with Crippen molar-refractivity contribution in [2.75, 3.05) is 24.7 Å². The Morgan fingerprint density at radius 2 is 1.70 bits per heavy atom. The molecule has 172 valence electrons. The number of hydrogen-bond acceptors (Lipinski definition) is 4. The van der Waals surface area contributed by atoms with Crippen molar-refractivity contribution in [1.82, 2.24) is 5.32 Å². The van der Waals surface area contributed by atoms with Crippen LogP contribution in [0.1, 0.15) is 28.7 Å². The lowest BCUT2D eigenvalue weighted by Gasteiger charge is -2.22. The maximum absolute atomic E-state index is 13.5. The van der Waals surface area contributed by atoms with Gasteiger partial charge in [-0.25, -0.2) is 12.8 Å². The van der Waals surface area contributed by atoms with Gasteiger partial charge in [0.05, 0.1) is 11.9 Å². The molecule has 1 N–H and O–H groups in total. The third-order valence-corrected chi connectivity index (χ3v) is 7.14.